The van der Waals surface area contributed by atoms with Crippen LogP contribution in [-0.4, -0.2) is 9.36 Å². The number of rotatable bonds is 3. The van der Waals surface area contributed by atoms with Crippen LogP contribution in [-0.2, 0) is 19.3 Å². The number of fused-ring (bicyclic) bond motifs is 1. The third kappa shape index (κ3) is 3.97. The van der Waals surface area contributed by atoms with E-state index in [1.54, 1.807) is 0 Å². The minimum Gasteiger partial charge on any atom is -0.451 e. The second-order valence-electron chi connectivity index (χ2n) is 7.06. The van der Waals surface area contributed by atoms with Crippen LogP contribution < -0.4 is 10.3 Å². The van der Waals surface area contributed by atoms with E-state index in [0.717, 1.165) is 25.0 Å². The number of benzene rings is 2. The quantitative estimate of drug-likeness (QED) is 0.349. The first kappa shape index (κ1) is 22.9. The predicted molar refractivity (Wildman–Crippen MR) is 110 cm³/mol. The van der Waals surface area contributed by atoms with Crippen molar-refractivity contribution in [1.29, 1.82) is 0 Å². The van der Waals surface area contributed by atoms with Gasteiger partial charge < -0.3 is 4.74 Å². The molecule has 4 nitrogen and oxygen atoms in total. The van der Waals surface area contributed by atoms with Crippen LogP contribution in [0.3, 0.4) is 0 Å². The van der Waals surface area contributed by atoms with E-state index in [-0.39, 0.29) is 33.1 Å². The molecule has 1 aromatic heterocycles. The highest BCUT2D eigenvalue weighted by atomic mass is 35.5. The molecule has 1 aliphatic heterocycles. The summed E-state index contributed by atoms with van der Waals surface area (Å²) >= 11 is 18.1. The molecule has 0 atom stereocenters. The Morgan fingerprint density at radius 2 is 1.53 bits per heavy atom. The molecule has 0 unspecified atom stereocenters. The van der Waals surface area contributed by atoms with Gasteiger partial charge in [-0.2, -0.15) is 13.2 Å². The van der Waals surface area contributed by atoms with E-state index in [1.165, 1.54) is 9.36 Å². The third-order valence-corrected chi connectivity index (χ3v) is 5.95. The average Bonchev–Trinajstić information content (AvgIpc) is 2.96. The Labute approximate surface area is 192 Å². The first-order valence-electron chi connectivity index (χ1n) is 9.21. The molecule has 12 heteroatoms. The Bertz CT molecular complexity index is 1260. The van der Waals surface area contributed by atoms with Crippen LogP contribution in [0.1, 0.15) is 18.4 Å². The summed E-state index contributed by atoms with van der Waals surface area (Å²) in [5, 5.41) is -0.973. The van der Waals surface area contributed by atoms with Crippen molar-refractivity contribution in [2.75, 3.05) is 0 Å². The van der Waals surface area contributed by atoms with E-state index in [0.29, 0.717) is 19.2 Å². The third-order valence-electron chi connectivity index (χ3n) is 4.99. The Kier molecular flexibility index (Phi) is 5.94. The number of nitrogens with zero attached hydrogens (tertiary/aromatic N) is 2. The first-order valence-corrected chi connectivity index (χ1v) is 10.3. The minimum absolute atomic E-state index is 0.0145. The van der Waals surface area contributed by atoms with Crippen LogP contribution in [0, 0.1) is 11.6 Å². The van der Waals surface area contributed by atoms with E-state index in [1.807, 2.05) is 0 Å². The molecule has 4 rings (SSSR count). The van der Waals surface area contributed by atoms with Crippen molar-refractivity contribution >= 4 is 34.8 Å². The summed E-state index contributed by atoms with van der Waals surface area (Å²) in [6, 6.07) is 2.56. The van der Waals surface area contributed by atoms with Crippen LogP contribution >= 0.6 is 34.8 Å². The molecule has 0 radical (unpaired) electrons. The lowest BCUT2D eigenvalue weighted by atomic mass is 10.1. The molecule has 2 heterocycles. The normalized spacial score (nSPS) is 13.9. The lowest BCUT2D eigenvalue weighted by Gasteiger charge is -2.17. The van der Waals surface area contributed by atoms with Crippen molar-refractivity contribution in [3.05, 3.63) is 67.0 Å². The van der Waals surface area contributed by atoms with Crippen LogP contribution in [0.5, 0.6) is 11.5 Å². The molecule has 0 bridgehead atoms. The maximum atomic E-state index is 14.7. The van der Waals surface area contributed by atoms with E-state index < -0.39 is 39.7 Å². The zero-order valence-corrected chi connectivity index (χ0v) is 18.1. The number of hydrogen-bond donors (Lipinski definition) is 0. The van der Waals surface area contributed by atoms with Crippen molar-refractivity contribution in [2.24, 2.45) is 0 Å². The van der Waals surface area contributed by atoms with E-state index >= 15 is 0 Å². The zero-order valence-electron chi connectivity index (χ0n) is 15.9. The minimum atomic E-state index is -4.82. The summed E-state index contributed by atoms with van der Waals surface area (Å²) in [6.45, 7) is 0.877. The number of hydrogen-bond acceptors (Lipinski definition) is 2. The summed E-state index contributed by atoms with van der Waals surface area (Å²) in [6.07, 6.45) is -3.28. The van der Waals surface area contributed by atoms with Gasteiger partial charge in [-0.15, -0.1) is 0 Å². The maximum absolute atomic E-state index is 14.7. The van der Waals surface area contributed by atoms with Crippen molar-refractivity contribution < 1.29 is 26.7 Å². The van der Waals surface area contributed by atoms with Crippen LogP contribution in [0.4, 0.5) is 22.0 Å². The zero-order chi connectivity index (χ0) is 23.4. The first-order chi connectivity index (χ1) is 15.0. The molecular formula is C20H12Cl3F5N2O2. The van der Waals surface area contributed by atoms with Gasteiger partial charge in [-0.1, -0.05) is 34.8 Å². The van der Waals surface area contributed by atoms with Gasteiger partial charge in [0.25, 0.3) is 5.56 Å². The Morgan fingerprint density at radius 1 is 0.875 bits per heavy atom. The van der Waals surface area contributed by atoms with E-state index in [9.17, 15) is 26.7 Å². The second kappa shape index (κ2) is 8.28. The number of aromatic nitrogens is 2. The molecule has 1 aliphatic rings. The van der Waals surface area contributed by atoms with Crippen molar-refractivity contribution in [3.63, 3.8) is 0 Å². The summed E-state index contributed by atoms with van der Waals surface area (Å²) in [5.41, 5.74) is -2.22. The summed E-state index contributed by atoms with van der Waals surface area (Å²) < 4.78 is 75.9. The molecule has 0 N–H and O–H groups in total. The van der Waals surface area contributed by atoms with Gasteiger partial charge in [0.05, 0.1) is 21.2 Å². The van der Waals surface area contributed by atoms with Crippen LogP contribution in [0.25, 0.3) is 11.1 Å². The van der Waals surface area contributed by atoms with Gasteiger partial charge in [0.2, 0.25) is 0 Å². The van der Waals surface area contributed by atoms with Crippen molar-refractivity contribution in [1.82, 2.24) is 9.36 Å². The Balaban J connectivity index is 1.81. The van der Waals surface area contributed by atoms with Crippen molar-refractivity contribution in [3.8, 4) is 22.6 Å². The molecule has 2 aromatic carbocycles. The Hall–Kier alpha value is -2.23. The van der Waals surface area contributed by atoms with Gasteiger partial charge in [0.1, 0.15) is 16.7 Å². The molecule has 3 aromatic rings. The SMILES string of the molecule is O=c1c(-c2cc(Oc3c(F)cc(C(F)(F)F)cc3Cl)c(Cl)cc2F)c(Cl)n2n1CCCC2. The molecule has 0 saturated carbocycles. The highest BCUT2D eigenvalue weighted by molar-refractivity contribution is 6.33. The van der Waals surface area contributed by atoms with E-state index in [2.05, 4.69) is 0 Å². The van der Waals surface area contributed by atoms with Gasteiger partial charge >= 0.3 is 6.18 Å². The number of alkyl halides is 3. The Morgan fingerprint density at radius 3 is 2.12 bits per heavy atom. The molecule has 0 spiro atoms. The molecule has 0 amide bonds. The number of ether oxygens (including phenoxy) is 1. The molecule has 170 valence electrons. The molecule has 32 heavy (non-hydrogen) atoms. The smallest absolute Gasteiger partial charge is 0.416 e. The monoisotopic (exact) mass is 512 g/mol. The lowest BCUT2D eigenvalue weighted by Crippen LogP contribution is -2.27. The highest BCUT2D eigenvalue weighted by Crippen LogP contribution is 2.42. The number of halogens is 8. The van der Waals surface area contributed by atoms with Gasteiger partial charge in [-0.05, 0) is 37.1 Å². The fraction of sp³-hybridized carbons (Fsp3) is 0.250. The molecule has 0 fully saturated rings. The molecule has 0 aliphatic carbocycles. The summed E-state index contributed by atoms with van der Waals surface area (Å²) in [5.74, 6) is -3.35. The summed E-state index contributed by atoms with van der Waals surface area (Å²) in [7, 11) is 0. The van der Waals surface area contributed by atoms with E-state index in [4.69, 9.17) is 39.5 Å². The largest absolute Gasteiger partial charge is 0.451 e. The molecular weight excluding hydrogens is 502 g/mol. The van der Waals surface area contributed by atoms with Crippen LogP contribution in [0.15, 0.2) is 29.1 Å². The van der Waals surface area contributed by atoms with Gasteiger partial charge in [0, 0.05) is 18.7 Å². The van der Waals surface area contributed by atoms with Gasteiger partial charge in [-0.3, -0.25) is 9.48 Å². The fourth-order valence-electron chi connectivity index (χ4n) is 3.48. The maximum Gasteiger partial charge on any atom is 0.416 e. The highest BCUT2D eigenvalue weighted by Gasteiger charge is 2.33. The van der Waals surface area contributed by atoms with Gasteiger partial charge in [-0.25, -0.2) is 13.5 Å². The topological polar surface area (TPSA) is 36.2 Å². The van der Waals surface area contributed by atoms with Crippen molar-refractivity contribution in [2.45, 2.75) is 32.1 Å². The second-order valence-corrected chi connectivity index (χ2v) is 8.23. The average molecular weight is 514 g/mol. The van der Waals surface area contributed by atoms with Crippen LogP contribution in [0.2, 0.25) is 15.2 Å². The fourth-order valence-corrected chi connectivity index (χ4v) is 4.28. The standard InChI is InChI=1S/C20H12Cl3F5N2O2/c21-11-8-13(24)10(16-18(23)29-3-1-2-4-30(29)19(16)31)7-15(11)32-17-12(22)5-9(6-14(17)25)20(26,27)28/h5-8H,1-4H2. The predicted octanol–water partition coefficient (Wildman–Crippen LogP) is 7.16. The van der Waals surface area contributed by atoms with Gasteiger partial charge in [0.15, 0.2) is 11.6 Å². The lowest BCUT2D eigenvalue weighted by molar-refractivity contribution is -0.137. The molecule has 0 saturated heterocycles. The summed E-state index contributed by atoms with van der Waals surface area (Å²) in [4.78, 5) is 12.8.